The molecule has 3 amide bonds. The molecule has 1 unspecified atom stereocenters. The number of fused-ring (bicyclic) bond motifs is 1. The Labute approximate surface area is 174 Å². The molecule has 1 aliphatic rings. The highest BCUT2D eigenvalue weighted by Gasteiger charge is 2.34. The Morgan fingerprint density at radius 2 is 1.61 bits per heavy atom. The summed E-state index contributed by atoms with van der Waals surface area (Å²) in [6.45, 7) is 1.21. The highest BCUT2D eigenvalue weighted by Crippen LogP contribution is 2.23. The number of nitrogens with one attached hydrogen (secondary N) is 1. The predicted octanol–water partition coefficient (Wildman–Crippen LogP) is 3.05. The summed E-state index contributed by atoms with van der Waals surface area (Å²) in [6.07, 6.45) is -1.43. The number of imide groups is 1. The molecular formula is C21H17F3N2O5. The summed E-state index contributed by atoms with van der Waals surface area (Å²) in [7, 11) is 0. The smallest absolute Gasteiger partial charge is 0.306 e. The van der Waals surface area contributed by atoms with Crippen molar-refractivity contribution in [2.24, 2.45) is 0 Å². The molecule has 0 saturated heterocycles. The lowest BCUT2D eigenvalue weighted by atomic mass is 10.1. The van der Waals surface area contributed by atoms with Crippen molar-refractivity contribution in [3.63, 3.8) is 0 Å². The zero-order valence-electron chi connectivity index (χ0n) is 16.3. The van der Waals surface area contributed by atoms with E-state index in [0.29, 0.717) is 17.2 Å². The number of hydrogen-bond acceptors (Lipinski definition) is 5. The number of carbonyl (C=O) groups excluding carboxylic acids is 4. The standard InChI is InChI=1S/C21H17F3N2O5/c1-11(19(28)25-15-9-8-14(22)17(23)18(15)24)31-16(27)7-4-10-26-20(29)12-5-2-3-6-13(12)21(26)30/h2-3,5-6,8-9,11H,4,7,10H2,1H3,(H,25,28). The van der Waals surface area contributed by atoms with Gasteiger partial charge in [-0.2, -0.15) is 0 Å². The van der Waals surface area contributed by atoms with E-state index in [1.54, 1.807) is 24.3 Å². The van der Waals surface area contributed by atoms with Crippen LogP contribution in [0, 0.1) is 17.5 Å². The molecule has 1 N–H and O–H groups in total. The molecule has 1 heterocycles. The molecule has 10 heteroatoms. The van der Waals surface area contributed by atoms with Crippen molar-refractivity contribution in [2.75, 3.05) is 11.9 Å². The molecule has 2 aromatic rings. The van der Waals surface area contributed by atoms with E-state index in [-0.39, 0.29) is 19.4 Å². The van der Waals surface area contributed by atoms with Gasteiger partial charge in [-0.3, -0.25) is 24.1 Å². The molecule has 0 radical (unpaired) electrons. The minimum absolute atomic E-state index is 0.0118. The summed E-state index contributed by atoms with van der Waals surface area (Å²) in [5.41, 5.74) is -0.00733. The summed E-state index contributed by atoms with van der Waals surface area (Å²) in [4.78, 5) is 49.5. The minimum Gasteiger partial charge on any atom is -0.453 e. The van der Waals surface area contributed by atoms with Gasteiger partial charge in [-0.1, -0.05) is 12.1 Å². The van der Waals surface area contributed by atoms with Crippen molar-refractivity contribution < 1.29 is 37.1 Å². The average Bonchev–Trinajstić information content (AvgIpc) is 2.99. The normalized spacial score (nSPS) is 13.7. The van der Waals surface area contributed by atoms with Gasteiger partial charge in [0.2, 0.25) is 0 Å². The first kappa shape index (κ1) is 22.0. The van der Waals surface area contributed by atoms with Gasteiger partial charge in [-0.25, -0.2) is 13.2 Å². The monoisotopic (exact) mass is 434 g/mol. The lowest BCUT2D eigenvalue weighted by Crippen LogP contribution is -2.32. The van der Waals surface area contributed by atoms with Gasteiger partial charge >= 0.3 is 5.97 Å². The number of anilines is 1. The van der Waals surface area contributed by atoms with E-state index in [1.807, 2.05) is 5.32 Å². The number of nitrogens with zero attached hydrogens (tertiary/aromatic N) is 1. The minimum atomic E-state index is -1.74. The van der Waals surface area contributed by atoms with Gasteiger partial charge < -0.3 is 10.1 Å². The van der Waals surface area contributed by atoms with Crippen molar-refractivity contribution in [2.45, 2.75) is 25.9 Å². The predicted molar refractivity (Wildman–Crippen MR) is 102 cm³/mol. The number of rotatable bonds is 7. The van der Waals surface area contributed by atoms with Crippen LogP contribution in [0.2, 0.25) is 0 Å². The molecular weight excluding hydrogens is 417 g/mol. The Morgan fingerprint density at radius 1 is 1.00 bits per heavy atom. The van der Waals surface area contributed by atoms with E-state index >= 15 is 0 Å². The number of hydrogen-bond donors (Lipinski definition) is 1. The zero-order valence-corrected chi connectivity index (χ0v) is 16.3. The first-order valence-electron chi connectivity index (χ1n) is 9.29. The quantitative estimate of drug-likeness (QED) is 0.411. The van der Waals surface area contributed by atoms with Crippen LogP contribution in [-0.4, -0.2) is 41.2 Å². The molecule has 0 bridgehead atoms. The fourth-order valence-corrected chi connectivity index (χ4v) is 2.99. The first-order chi connectivity index (χ1) is 14.7. The van der Waals surface area contributed by atoms with Gasteiger partial charge in [0, 0.05) is 13.0 Å². The van der Waals surface area contributed by atoms with Crippen LogP contribution in [0.15, 0.2) is 36.4 Å². The molecule has 0 saturated carbocycles. The highest BCUT2D eigenvalue weighted by atomic mass is 19.2. The Morgan fingerprint density at radius 3 is 2.23 bits per heavy atom. The number of ether oxygens (including phenoxy) is 1. The molecule has 0 spiro atoms. The van der Waals surface area contributed by atoms with E-state index in [0.717, 1.165) is 11.0 Å². The Kier molecular flexibility index (Phi) is 6.38. The van der Waals surface area contributed by atoms with Gasteiger partial charge in [0.15, 0.2) is 23.6 Å². The summed E-state index contributed by atoms with van der Waals surface area (Å²) in [5.74, 6) is -7.36. The second-order valence-corrected chi connectivity index (χ2v) is 6.76. The average molecular weight is 434 g/mol. The molecule has 2 aromatic carbocycles. The van der Waals surface area contributed by atoms with Gasteiger partial charge in [-0.15, -0.1) is 0 Å². The Bertz CT molecular complexity index is 1040. The lowest BCUT2D eigenvalue weighted by molar-refractivity contribution is -0.153. The van der Waals surface area contributed by atoms with E-state index in [4.69, 9.17) is 4.74 Å². The second kappa shape index (κ2) is 8.99. The summed E-state index contributed by atoms with van der Waals surface area (Å²) >= 11 is 0. The first-order valence-corrected chi connectivity index (χ1v) is 9.29. The van der Waals surface area contributed by atoms with Crippen LogP contribution < -0.4 is 5.32 Å². The van der Waals surface area contributed by atoms with Crippen LogP contribution in [0.4, 0.5) is 18.9 Å². The van der Waals surface area contributed by atoms with Gasteiger partial charge in [0.05, 0.1) is 16.8 Å². The molecule has 1 aliphatic heterocycles. The molecule has 0 fully saturated rings. The van der Waals surface area contributed by atoms with Crippen LogP contribution in [0.25, 0.3) is 0 Å². The number of amides is 3. The maximum absolute atomic E-state index is 13.6. The third-order valence-corrected chi connectivity index (χ3v) is 4.61. The van der Waals surface area contributed by atoms with Crippen LogP contribution in [-0.2, 0) is 14.3 Å². The van der Waals surface area contributed by atoms with E-state index in [2.05, 4.69) is 0 Å². The SMILES string of the molecule is CC(OC(=O)CCCN1C(=O)c2ccccc2C1=O)C(=O)Nc1ccc(F)c(F)c1F. The van der Waals surface area contributed by atoms with Crippen LogP contribution >= 0.6 is 0 Å². The molecule has 0 aromatic heterocycles. The van der Waals surface area contributed by atoms with Crippen molar-refractivity contribution in [1.29, 1.82) is 0 Å². The highest BCUT2D eigenvalue weighted by molar-refractivity contribution is 6.21. The summed E-state index contributed by atoms with van der Waals surface area (Å²) in [6, 6.07) is 7.85. The van der Waals surface area contributed by atoms with E-state index in [1.165, 1.54) is 6.92 Å². The lowest BCUT2D eigenvalue weighted by Gasteiger charge is -2.15. The Hall–Kier alpha value is -3.69. The molecule has 162 valence electrons. The third kappa shape index (κ3) is 4.57. The van der Waals surface area contributed by atoms with Crippen molar-refractivity contribution >= 4 is 29.4 Å². The molecule has 0 aliphatic carbocycles. The number of halogens is 3. The van der Waals surface area contributed by atoms with Gasteiger partial charge in [0.1, 0.15) is 0 Å². The fourth-order valence-electron chi connectivity index (χ4n) is 2.99. The number of esters is 1. The second-order valence-electron chi connectivity index (χ2n) is 6.76. The topological polar surface area (TPSA) is 92.8 Å². The zero-order chi connectivity index (χ0) is 22.7. The molecule has 3 rings (SSSR count). The van der Waals surface area contributed by atoms with Crippen molar-refractivity contribution in [1.82, 2.24) is 4.90 Å². The van der Waals surface area contributed by atoms with E-state index < -0.39 is 52.9 Å². The van der Waals surface area contributed by atoms with Crippen LogP contribution in [0.3, 0.4) is 0 Å². The maximum atomic E-state index is 13.6. The third-order valence-electron chi connectivity index (χ3n) is 4.61. The molecule has 1 atom stereocenters. The summed E-state index contributed by atoms with van der Waals surface area (Å²) < 4.78 is 44.7. The maximum Gasteiger partial charge on any atom is 0.306 e. The molecule has 31 heavy (non-hydrogen) atoms. The van der Waals surface area contributed by atoms with Crippen molar-refractivity contribution in [3.8, 4) is 0 Å². The molecule has 7 nitrogen and oxygen atoms in total. The Balaban J connectivity index is 1.48. The van der Waals surface area contributed by atoms with Crippen molar-refractivity contribution in [3.05, 3.63) is 65.0 Å². The van der Waals surface area contributed by atoms with Crippen LogP contribution in [0.5, 0.6) is 0 Å². The number of benzene rings is 2. The number of carbonyl (C=O) groups is 4. The fraction of sp³-hybridized carbons (Fsp3) is 0.238. The van der Waals surface area contributed by atoms with Crippen LogP contribution in [0.1, 0.15) is 40.5 Å². The largest absolute Gasteiger partial charge is 0.453 e. The van der Waals surface area contributed by atoms with Gasteiger partial charge in [0.25, 0.3) is 17.7 Å². The summed E-state index contributed by atoms with van der Waals surface area (Å²) in [5, 5.41) is 2.01. The van der Waals surface area contributed by atoms with E-state index in [9.17, 15) is 32.3 Å². The van der Waals surface area contributed by atoms with Gasteiger partial charge in [-0.05, 0) is 37.6 Å².